The SMILES string of the molecule is N#Cc1c(N)sc2c(F)ccc(-c3c(Cl)c4c5c(nc(OCC67CCCN6C[C@H](F)C7)nc5c3F)N3CCC(C(F)F)CC3CO4)c12. The lowest BCUT2D eigenvalue weighted by molar-refractivity contribution is 0.0512. The van der Waals surface area contributed by atoms with E-state index in [2.05, 4.69) is 9.88 Å². The number of anilines is 2. The Morgan fingerprint density at radius 3 is 2.85 bits per heavy atom. The number of ether oxygens (including phenoxy) is 2. The first-order chi connectivity index (χ1) is 22.6. The number of aromatic nitrogens is 2. The third-order valence-electron chi connectivity index (χ3n) is 10.2. The van der Waals surface area contributed by atoms with Crippen LogP contribution in [-0.2, 0) is 0 Å². The Morgan fingerprint density at radius 1 is 1.23 bits per heavy atom. The van der Waals surface area contributed by atoms with Crippen molar-refractivity contribution in [1.29, 1.82) is 5.26 Å². The summed E-state index contributed by atoms with van der Waals surface area (Å²) in [6.45, 7) is 1.30. The number of benzene rings is 2. The summed E-state index contributed by atoms with van der Waals surface area (Å²) in [6, 6.07) is 3.76. The number of thiophene rings is 1. The fourth-order valence-electron chi connectivity index (χ4n) is 7.96. The number of nitriles is 1. The van der Waals surface area contributed by atoms with Gasteiger partial charge in [-0.05, 0) is 43.9 Å². The topological polar surface area (TPSA) is 101 Å². The zero-order valence-electron chi connectivity index (χ0n) is 24.8. The Morgan fingerprint density at radius 2 is 2.06 bits per heavy atom. The first-order valence-corrected chi connectivity index (χ1v) is 16.6. The molecule has 4 aromatic rings. The van der Waals surface area contributed by atoms with Crippen molar-refractivity contribution in [2.24, 2.45) is 5.92 Å². The van der Waals surface area contributed by atoms with E-state index in [0.29, 0.717) is 13.0 Å². The second kappa shape index (κ2) is 11.2. The Hall–Kier alpha value is -3.67. The molecule has 3 saturated heterocycles. The molecule has 8 rings (SSSR count). The van der Waals surface area contributed by atoms with Gasteiger partial charge in [0.15, 0.2) is 11.6 Å². The fraction of sp³-hybridized carbons (Fsp3) is 0.469. The van der Waals surface area contributed by atoms with Crippen molar-refractivity contribution in [3.8, 4) is 29.0 Å². The van der Waals surface area contributed by atoms with Crippen LogP contribution in [0.4, 0.5) is 32.8 Å². The van der Waals surface area contributed by atoms with Crippen molar-refractivity contribution in [2.45, 2.75) is 56.3 Å². The van der Waals surface area contributed by atoms with Crippen LogP contribution in [0.15, 0.2) is 12.1 Å². The number of nitrogens with zero attached hydrogens (tertiary/aromatic N) is 5. The summed E-state index contributed by atoms with van der Waals surface area (Å²) in [6.07, 6.45) is -1.30. The average molecular weight is 691 g/mol. The van der Waals surface area contributed by atoms with Crippen molar-refractivity contribution >= 4 is 54.7 Å². The minimum atomic E-state index is -2.52. The van der Waals surface area contributed by atoms with E-state index in [9.17, 15) is 22.8 Å². The van der Waals surface area contributed by atoms with Crippen LogP contribution < -0.4 is 20.1 Å². The van der Waals surface area contributed by atoms with Crippen LogP contribution in [0.1, 0.15) is 37.7 Å². The molecule has 3 unspecified atom stereocenters. The van der Waals surface area contributed by atoms with Crippen molar-refractivity contribution < 1.29 is 31.4 Å². The largest absolute Gasteiger partial charge is 0.489 e. The van der Waals surface area contributed by atoms with E-state index < -0.39 is 41.7 Å². The van der Waals surface area contributed by atoms with Crippen molar-refractivity contribution in [1.82, 2.24) is 14.9 Å². The molecule has 15 heteroatoms. The lowest BCUT2D eigenvalue weighted by Gasteiger charge is -2.38. The molecule has 0 radical (unpaired) electrons. The lowest BCUT2D eigenvalue weighted by atomic mass is 9.91. The summed E-state index contributed by atoms with van der Waals surface area (Å²) >= 11 is 7.81. The number of halogens is 6. The Balaban J connectivity index is 1.33. The maximum atomic E-state index is 17.1. The summed E-state index contributed by atoms with van der Waals surface area (Å²) in [5, 5.41) is 10.0. The highest BCUT2D eigenvalue weighted by Crippen LogP contribution is 2.52. The minimum absolute atomic E-state index is 0.0208. The maximum absolute atomic E-state index is 17.1. The molecule has 246 valence electrons. The molecule has 2 N–H and O–H groups in total. The Labute approximate surface area is 274 Å². The lowest BCUT2D eigenvalue weighted by Crippen LogP contribution is -2.47. The molecule has 0 spiro atoms. The number of piperidine rings is 1. The summed E-state index contributed by atoms with van der Waals surface area (Å²) in [5.41, 5.74) is 5.22. The van der Waals surface area contributed by atoms with Gasteiger partial charge in [0.05, 0.1) is 32.3 Å². The molecule has 2 aromatic carbocycles. The summed E-state index contributed by atoms with van der Waals surface area (Å²) in [4.78, 5) is 13.1. The van der Waals surface area contributed by atoms with E-state index in [1.807, 2.05) is 11.0 Å². The molecule has 0 saturated carbocycles. The number of nitrogens with two attached hydrogens (primary N) is 1. The van der Waals surface area contributed by atoms with Gasteiger partial charge in [-0.15, -0.1) is 11.3 Å². The predicted octanol–water partition coefficient (Wildman–Crippen LogP) is 7.09. The van der Waals surface area contributed by atoms with Crippen LogP contribution in [0.3, 0.4) is 0 Å². The number of alkyl halides is 3. The second-order valence-corrected chi connectivity index (χ2v) is 14.2. The molecular weight excluding hydrogens is 663 g/mol. The van der Waals surface area contributed by atoms with Gasteiger partial charge in [0.25, 0.3) is 0 Å². The van der Waals surface area contributed by atoms with E-state index in [1.54, 1.807) is 0 Å². The zero-order valence-corrected chi connectivity index (χ0v) is 26.4. The van der Waals surface area contributed by atoms with Gasteiger partial charge in [-0.25, -0.2) is 22.0 Å². The van der Waals surface area contributed by atoms with Crippen molar-refractivity contribution in [3.05, 3.63) is 34.4 Å². The van der Waals surface area contributed by atoms with E-state index in [-0.39, 0.29) is 97.9 Å². The van der Waals surface area contributed by atoms with Crippen molar-refractivity contribution in [2.75, 3.05) is 43.5 Å². The molecule has 47 heavy (non-hydrogen) atoms. The van der Waals surface area contributed by atoms with Gasteiger partial charge in [-0.1, -0.05) is 17.7 Å². The Kier molecular flexibility index (Phi) is 7.31. The minimum Gasteiger partial charge on any atom is -0.489 e. The van der Waals surface area contributed by atoms with Crippen LogP contribution >= 0.6 is 22.9 Å². The molecule has 4 aliphatic heterocycles. The zero-order chi connectivity index (χ0) is 32.8. The van der Waals surface area contributed by atoms with Crippen LogP contribution in [0.25, 0.3) is 32.1 Å². The standard InChI is InChI=1S/C32H28ClF5N6O2S/c33-23-21(17-2-3-19(35)27-20(17)18(10-39)29(40)47-27)24(36)25-22-26(23)45-12-16-8-14(28(37)38)4-7-44(16)30(22)42-31(41-25)46-13-32-5-1-6-43(32)11-15(34)9-32/h2-3,14-16,28H,1,4-9,11-13,40H2/t14?,15-,16?,32?/m1/s1. The van der Waals surface area contributed by atoms with E-state index in [0.717, 1.165) is 36.8 Å². The van der Waals surface area contributed by atoms with Gasteiger partial charge in [-0.2, -0.15) is 15.2 Å². The molecule has 2 aromatic heterocycles. The molecule has 0 aliphatic carbocycles. The molecule has 4 aliphatic rings. The van der Waals surface area contributed by atoms with E-state index in [4.69, 9.17) is 31.8 Å². The maximum Gasteiger partial charge on any atom is 0.319 e. The summed E-state index contributed by atoms with van der Waals surface area (Å²) in [5.74, 6) is -2.11. The van der Waals surface area contributed by atoms with Gasteiger partial charge in [0.2, 0.25) is 6.43 Å². The number of hydrogen-bond acceptors (Lipinski definition) is 9. The summed E-state index contributed by atoms with van der Waals surface area (Å²) in [7, 11) is 0. The van der Waals surface area contributed by atoms with Crippen LogP contribution in [0.2, 0.25) is 5.02 Å². The molecule has 6 heterocycles. The molecule has 8 nitrogen and oxygen atoms in total. The molecule has 4 atom stereocenters. The van der Waals surface area contributed by atoms with Crippen molar-refractivity contribution in [3.63, 3.8) is 0 Å². The molecular formula is C32H28ClF5N6O2S. The number of rotatable bonds is 5. The third-order valence-corrected chi connectivity index (χ3v) is 11.6. The molecule has 0 bridgehead atoms. The number of nitrogen functional groups attached to an aromatic ring is 1. The quantitative estimate of drug-likeness (QED) is 0.222. The number of hydrogen-bond donors (Lipinski definition) is 1. The molecule has 3 fully saturated rings. The Bertz CT molecular complexity index is 1990. The van der Waals surface area contributed by atoms with Crippen LogP contribution in [-0.4, -0.2) is 71.9 Å². The highest BCUT2D eigenvalue weighted by atomic mass is 35.5. The predicted molar refractivity (Wildman–Crippen MR) is 168 cm³/mol. The van der Waals surface area contributed by atoms with Gasteiger partial charge in [0, 0.05) is 36.4 Å². The normalized spacial score (nSPS) is 25.6. The van der Waals surface area contributed by atoms with Gasteiger partial charge in [-0.3, -0.25) is 4.90 Å². The second-order valence-electron chi connectivity index (χ2n) is 12.8. The third kappa shape index (κ3) is 4.68. The first kappa shape index (κ1) is 30.7. The van der Waals surface area contributed by atoms with E-state index in [1.165, 1.54) is 6.07 Å². The van der Waals surface area contributed by atoms with Crippen LogP contribution in [0, 0.1) is 28.9 Å². The highest BCUT2D eigenvalue weighted by molar-refractivity contribution is 7.23. The van der Waals surface area contributed by atoms with Gasteiger partial charge >= 0.3 is 6.01 Å². The van der Waals surface area contributed by atoms with E-state index >= 15 is 4.39 Å². The average Bonchev–Trinajstić information content (AvgIpc) is 3.66. The van der Waals surface area contributed by atoms with Crippen LogP contribution in [0.5, 0.6) is 11.8 Å². The highest BCUT2D eigenvalue weighted by Gasteiger charge is 2.49. The monoisotopic (exact) mass is 690 g/mol. The fourth-order valence-corrected chi connectivity index (χ4v) is 9.25. The van der Waals surface area contributed by atoms with Gasteiger partial charge in [0.1, 0.15) is 47.6 Å². The smallest absolute Gasteiger partial charge is 0.319 e. The summed E-state index contributed by atoms with van der Waals surface area (Å²) < 4.78 is 86.6. The first-order valence-electron chi connectivity index (χ1n) is 15.4. The van der Waals surface area contributed by atoms with Gasteiger partial charge < -0.3 is 20.1 Å². The number of fused-ring (bicyclic) bond motifs is 4. The molecule has 0 amide bonds.